The monoisotopic (exact) mass is 728 g/mol. The molecule has 4 rings (SSSR count). The van der Waals surface area contributed by atoms with Crippen LogP contribution >= 0.6 is 0 Å². The molecule has 0 unspecified atom stereocenters. The number of benzene rings is 1. The molecule has 3 fully saturated rings. The maximum absolute atomic E-state index is 14.3. The Morgan fingerprint density at radius 2 is 1.85 bits per heavy atom. The molecule has 52 heavy (non-hydrogen) atoms. The summed E-state index contributed by atoms with van der Waals surface area (Å²) in [5.74, 6) is 3.17. The number of unbranched alkanes of at least 4 members (excludes halogenated alkanes) is 2. The van der Waals surface area contributed by atoms with Gasteiger partial charge in [0.2, 0.25) is 18.1 Å². The number of fused-ring (bicyclic) bond motifs is 2. The number of carbonyl (C=O) groups is 4. The minimum atomic E-state index is -1.63. The van der Waals surface area contributed by atoms with Crippen LogP contribution in [0.1, 0.15) is 64.0 Å². The fraction of sp³-hybridized carbons (Fsp3) is 0.622. The van der Waals surface area contributed by atoms with Crippen molar-refractivity contribution < 1.29 is 52.4 Å². The minimum absolute atomic E-state index is 0.00484. The summed E-state index contributed by atoms with van der Waals surface area (Å²) in [5.41, 5.74) is 5.06. The van der Waals surface area contributed by atoms with Crippen molar-refractivity contribution >= 4 is 23.7 Å². The number of nitrogens with two attached hydrogens (primary N) is 1. The van der Waals surface area contributed by atoms with E-state index in [1.54, 1.807) is 13.0 Å². The molecule has 1 saturated carbocycles. The minimum Gasteiger partial charge on any atom is -0.456 e. The highest BCUT2D eigenvalue weighted by Crippen LogP contribution is 2.54. The van der Waals surface area contributed by atoms with Crippen molar-refractivity contribution in [3.63, 3.8) is 0 Å². The van der Waals surface area contributed by atoms with Gasteiger partial charge in [-0.25, -0.2) is 4.79 Å². The fourth-order valence-corrected chi connectivity index (χ4v) is 6.66. The fourth-order valence-electron chi connectivity index (χ4n) is 6.66. The van der Waals surface area contributed by atoms with Crippen molar-refractivity contribution in [2.45, 2.75) is 102 Å². The van der Waals surface area contributed by atoms with Crippen LogP contribution in [-0.2, 0) is 59.0 Å². The van der Waals surface area contributed by atoms with E-state index in [0.29, 0.717) is 44.6 Å². The molecule has 3 aliphatic rings. The number of epoxide rings is 1. The third kappa shape index (κ3) is 10.6. The Bertz CT molecular complexity index is 1470. The normalized spacial score (nSPS) is 24.9. The van der Waals surface area contributed by atoms with Gasteiger partial charge in [0.15, 0.2) is 11.9 Å². The molecule has 2 heterocycles. The van der Waals surface area contributed by atoms with Gasteiger partial charge in [0.05, 0.1) is 25.1 Å². The summed E-state index contributed by atoms with van der Waals surface area (Å²) in [5, 5.41) is 7.34. The van der Waals surface area contributed by atoms with E-state index in [4.69, 9.17) is 39.0 Å². The number of amides is 3. The SMILES string of the molecule is C/C=C/C(=O)O[C@@H]1[C@H]2O[C@H]2C[C@]2(C(=O)NCCCCCC(N)=O)ON(Cc3cccc(C#CC(OCC)OCC)c3)[C@H](C(=O)NCC(OC)OC)[C@H]12. The van der Waals surface area contributed by atoms with Gasteiger partial charge < -0.3 is 44.8 Å². The zero-order valence-corrected chi connectivity index (χ0v) is 30.6. The van der Waals surface area contributed by atoms with Gasteiger partial charge in [0.1, 0.15) is 18.2 Å². The van der Waals surface area contributed by atoms with Crippen LogP contribution in [0.4, 0.5) is 0 Å². The number of rotatable bonds is 20. The number of hydrogen-bond donors (Lipinski definition) is 3. The lowest BCUT2D eigenvalue weighted by atomic mass is 9.70. The number of carbonyl (C=O) groups excluding carboxylic acids is 4. The molecule has 0 bridgehead atoms. The molecule has 2 saturated heterocycles. The van der Waals surface area contributed by atoms with Crippen molar-refractivity contribution in [3.05, 3.63) is 47.5 Å². The number of esters is 1. The molecule has 3 amide bonds. The van der Waals surface area contributed by atoms with Crippen LogP contribution in [0.25, 0.3) is 0 Å². The first-order valence-corrected chi connectivity index (χ1v) is 17.8. The van der Waals surface area contributed by atoms with Gasteiger partial charge in [0.25, 0.3) is 5.91 Å². The lowest BCUT2D eigenvalue weighted by molar-refractivity contribution is -0.220. The van der Waals surface area contributed by atoms with Gasteiger partial charge in [-0.15, -0.1) is 0 Å². The molecule has 1 aromatic rings. The van der Waals surface area contributed by atoms with E-state index in [1.807, 2.05) is 38.1 Å². The maximum Gasteiger partial charge on any atom is 0.330 e. The molecule has 286 valence electrons. The number of methoxy groups -OCH3 is 2. The van der Waals surface area contributed by atoms with E-state index < -0.39 is 66.2 Å². The first kappa shape index (κ1) is 40.9. The molecule has 2 aliphatic heterocycles. The lowest BCUT2D eigenvalue weighted by Gasteiger charge is -2.38. The number of nitrogens with one attached hydrogen (secondary N) is 2. The predicted octanol–water partition coefficient (Wildman–Crippen LogP) is 1.46. The van der Waals surface area contributed by atoms with Crippen molar-refractivity contribution in [3.8, 4) is 11.8 Å². The van der Waals surface area contributed by atoms with E-state index in [-0.39, 0.29) is 31.8 Å². The molecule has 0 radical (unpaired) electrons. The second kappa shape index (κ2) is 19.8. The summed E-state index contributed by atoms with van der Waals surface area (Å²) >= 11 is 0. The largest absolute Gasteiger partial charge is 0.456 e. The van der Waals surface area contributed by atoms with E-state index in [9.17, 15) is 19.2 Å². The number of hydroxylamine groups is 2. The molecule has 0 aromatic heterocycles. The highest BCUT2D eigenvalue weighted by Gasteiger charge is 2.73. The van der Waals surface area contributed by atoms with Crippen molar-refractivity contribution in [1.29, 1.82) is 0 Å². The van der Waals surface area contributed by atoms with Gasteiger partial charge in [-0.1, -0.05) is 30.6 Å². The molecular weight excluding hydrogens is 676 g/mol. The Labute approximate surface area is 305 Å². The number of primary amides is 1. The highest BCUT2D eigenvalue weighted by atomic mass is 16.7. The smallest absolute Gasteiger partial charge is 0.330 e. The van der Waals surface area contributed by atoms with Crippen LogP contribution in [0.2, 0.25) is 0 Å². The number of allylic oxidation sites excluding steroid dienone is 1. The van der Waals surface area contributed by atoms with E-state index in [2.05, 4.69) is 22.5 Å². The third-order valence-electron chi connectivity index (χ3n) is 9.07. The Balaban J connectivity index is 1.69. The van der Waals surface area contributed by atoms with Gasteiger partial charge in [-0.3, -0.25) is 19.2 Å². The molecule has 0 spiro atoms. The summed E-state index contributed by atoms with van der Waals surface area (Å²) in [6.07, 6.45) is 1.70. The van der Waals surface area contributed by atoms with Gasteiger partial charge in [-0.2, -0.15) is 5.06 Å². The summed E-state index contributed by atoms with van der Waals surface area (Å²) in [7, 11) is 2.91. The summed E-state index contributed by atoms with van der Waals surface area (Å²) < 4.78 is 33.6. The van der Waals surface area contributed by atoms with Gasteiger partial charge >= 0.3 is 5.97 Å². The van der Waals surface area contributed by atoms with Crippen molar-refractivity contribution in [2.75, 3.05) is 40.5 Å². The third-order valence-corrected chi connectivity index (χ3v) is 9.07. The average Bonchev–Trinajstić information content (AvgIpc) is 3.81. The Hall–Kier alpha value is -3.88. The molecule has 4 N–H and O–H groups in total. The zero-order valence-electron chi connectivity index (χ0n) is 30.6. The van der Waals surface area contributed by atoms with Crippen molar-refractivity contribution in [1.82, 2.24) is 15.7 Å². The molecule has 1 aliphatic carbocycles. The molecule has 15 nitrogen and oxygen atoms in total. The van der Waals surface area contributed by atoms with Gasteiger partial charge in [-0.05, 0) is 57.2 Å². The second-order valence-corrected chi connectivity index (χ2v) is 12.7. The molecule has 6 atom stereocenters. The first-order chi connectivity index (χ1) is 25.1. The van der Waals surface area contributed by atoms with Gasteiger partial charge in [0, 0.05) is 58.5 Å². The first-order valence-electron chi connectivity index (χ1n) is 17.8. The average molecular weight is 729 g/mol. The van der Waals surface area contributed by atoms with Crippen LogP contribution < -0.4 is 16.4 Å². The van der Waals surface area contributed by atoms with E-state index >= 15 is 0 Å². The van der Waals surface area contributed by atoms with Crippen LogP contribution in [0.3, 0.4) is 0 Å². The van der Waals surface area contributed by atoms with E-state index in [1.165, 1.54) is 25.4 Å². The standard InChI is InChI=1S/C37H52N4O11/c1-6-13-28(43)51-34-31-32(35(44)40-22-30(46-4)47-5)41(23-25-15-12-14-24(20-25)17-18-29(48-7-2)49-8-3)52-37(31,21-26-33(34)50-26)36(45)39-19-11-9-10-16-27(38)42/h6,12-15,20,26,29-34H,7-11,16,19,21-23H2,1-5H3,(H2,38,42)(H,39,45)(H,40,44)/b13-6+/t26-,31+,32-,33-,34-,37-/m0/s1. The Morgan fingerprint density at radius 3 is 2.52 bits per heavy atom. The van der Waals surface area contributed by atoms with Crippen LogP contribution in [0, 0.1) is 17.8 Å². The van der Waals surface area contributed by atoms with Crippen LogP contribution in [-0.4, -0.2) is 112 Å². The Kier molecular flexibility index (Phi) is 15.6. The second-order valence-electron chi connectivity index (χ2n) is 12.7. The van der Waals surface area contributed by atoms with E-state index in [0.717, 1.165) is 5.56 Å². The number of hydrogen-bond acceptors (Lipinski definition) is 12. The molecule has 15 heteroatoms. The lowest BCUT2D eigenvalue weighted by Crippen LogP contribution is -2.62. The predicted molar refractivity (Wildman–Crippen MR) is 186 cm³/mol. The number of ether oxygens (including phenoxy) is 6. The number of nitrogens with zero attached hydrogens (tertiary/aromatic N) is 1. The topological polar surface area (TPSA) is 190 Å². The summed E-state index contributed by atoms with van der Waals surface area (Å²) in [6, 6.07) is 6.29. The summed E-state index contributed by atoms with van der Waals surface area (Å²) in [4.78, 5) is 59.4. The highest BCUT2D eigenvalue weighted by molar-refractivity contribution is 5.91. The maximum atomic E-state index is 14.3. The molecule has 1 aromatic carbocycles. The van der Waals surface area contributed by atoms with Crippen LogP contribution in [0.15, 0.2) is 36.4 Å². The quantitative estimate of drug-likeness (QED) is 0.0439. The summed E-state index contributed by atoms with van der Waals surface area (Å²) in [6.45, 7) is 6.66. The van der Waals surface area contributed by atoms with Crippen LogP contribution in [0.5, 0.6) is 0 Å². The zero-order chi connectivity index (χ0) is 37.7. The van der Waals surface area contributed by atoms with Crippen molar-refractivity contribution in [2.24, 2.45) is 11.7 Å². The Morgan fingerprint density at radius 1 is 1.10 bits per heavy atom. The molecular formula is C37H52N4O11.